The summed E-state index contributed by atoms with van der Waals surface area (Å²) in [6, 6.07) is 15.0. The first-order valence-corrected chi connectivity index (χ1v) is 13.2. The first kappa shape index (κ1) is 26.1. The van der Waals surface area contributed by atoms with Crippen LogP contribution in [0.15, 0.2) is 59.4 Å². The molecule has 0 saturated heterocycles. The summed E-state index contributed by atoms with van der Waals surface area (Å²) >= 11 is 0. The van der Waals surface area contributed by atoms with Crippen LogP contribution in [0.25, 0.3) is 22.2 Å². The number of allylic oxidation sites excluding steroid dienone is 1. The molecule has 4 aromatic rings. The standard InChI is InChI=1S/C30H33N7O2/c1-5-22(34-27-25(19(4)32-30(31)36-27)18(3)16-24(38)33-20-14-15-20)28-35-23-13-9-10-17(2)26(23)29(39)37(28)21-11-7-6-8-12-21/h6-13,16,20,22H,5,14-15H2,1-4H3,(H,33,38)(H3,31,32,34,36)/b18-16-. The fraction of sp³-hybridized carbons (Fsp3) is 0.300. The van der Waals surface area contributed by atoms with Crippen LogP contribution in [0.4, 0.5) is 11.8 Å². The van der Waals surface area contributed by atoms with Crippen LogP contribution in [0.3, 0.4) is 0 Å². The van der Waals surface area contributed by atoms with Crippen LogP contribution >= 0.6 is 0 Å². The molecule has 1 amide bonds. The van der Waals surface area contributed by atoms with Crippen molar-refractivity contribution in [1.82, 2.24) is 24.8 Å². The van der Waals surface area contributed by atoms with Gasteiger partial charge in [0.1, 0.15) is 11.6 Å². The minimum absolute atomic E-state index is 0.117. The van der Waals surface area contributed by atoms with Crippen LogP contribution in [-0.2, 0) is 4.79 Å². The molecule has 1 atom stereocenters. The first-order chi connectivity index (χ1) is 18.8. The molecule has 200 valence electrons. The number of nitrogen functional groups attached to an aromatic ring is 1. The molecule has 2 heterocycles. The van der Waals surface area contributed by atoms with E-state index in [9.17, 15) is 9.59 Å². The van der Waals surface area contributed by atoms with E-state index in [4.69, 9.17) is 10.7 Å². The number of para-hydroxylation sites is 1. The molecule has 0 bridgehead atoms. The van der Waals surface area contributed by atoms with E-state index in [0.29, 0.717) is 45.8 Å². The molecule has 5 rings (SSSR count). The smallest absolute Gasteiger partial charge is 0.266 e. The van der Waals surface area contributed by atoms with E-state index in [1.165, 1.54) is 0 Å². The normalized spacial score (nSPS) is 14.3. The van der Waals surface area contributed by atoms with Gasteiger partial charge in [0.15, 0.2) is 0 Å². The second kappa shape index (κ2) is 10.7. The van der Waals surface area contributed by atoms with E-state index in [2.05, 4.69) is 20.6 Å². The Kier molecular flexibility index (Phi) is 7.15. The Labute approximate surface area is 227 Å². The predicted octanol–water partition coefficient (Wildman–Crippen LogP) is 4.62. The highest BCUT2D eigenvalue weighted by molar-refractivity contribution is 5.96. The maximum absolute atomic E-state index is 13.9. The molecular formula is C30H33N7O2. The summed E-state index contributed by atoms with van der Waals surface area (Å²) in [6.07, 6.45) is 4.19. The molecule has 39 heavy (non-hydrogen) atoms. The molecule has 1 unspecified atom stereocenters. The zero-order chi connectivity index (χ0) is 27.7. The maximum Gasteiger partial charge on any atom is 0.266 e. The maximum atomic E-state index is 13.9. The van der Waals surface area contributed by atoms with Crippen molar-refractivity contribution in [3.8, 4) is 5.69 Å². The summed E-state index contributed by atoms with van der Waals surface area (Å²) in [5.74, 6) is 1.01. The fourth-order valence-electron chi connectivity index (χ4n) is 4.90. The van der Waals surface area contributed by atoms with Crippen LogP contribution in [0.2, 0.25) is 0 Å². The van der Waals surface area contributed by atoms with Crippen LogP contribution < -0.4 is 21.9 Å². The summed E-state index contributed by atoms with van der Waals surface area (Å²) in [7, 11) is 0. The van der Waals surface area contributed by atoms with Gasteiger partial charge in [-0.3, -0.25) is 14.2 Å². The Morgan fingerprint density at radius 2 is 1.85 bits per heavy atom. The number of nitrogens with one attached hydrogen (secondary N) is 2. The Hall–Kier alpha value is -4.53. The number of fused-ring (bicyclic) bond motifs is 1. The van der Waals surface area contributed by atoms with Gasteiger partial charge in [0, 0.05) is 17.7 Å². The van der Waals surface area contributed by atoms with Gasteiger partial charge in [-0.15, -0.1) is 0 Å². The van der Waals surface area contributed by atoms with Gasteiger partial charge >= 0.3 is 0 Å². The van der Waals surface area contributed by atoms with Crippen molar-refractivity contribution in [1.29, 1.82) is 0 Å². The van der Waals surface area contributed by atoms with Gasteiger partial charge in [-0.1, -0.05) is 37.3 Å². The monoisotopic (exact) mass is 523 g/mol. The number of hydrogen-bond acceptors (Lipinski definition) is 7. The highest BCUT2D eigenvalue weighted by Crippen LogP contribution is 2.31. The minimum Gasteiger partial charge on any atom is -0.368 e. The van der Waals surface area contributed by atoms with Gasteiger partial charge in [-0.25, -0.2) is 9.97 Å². The Bertz CT molecular complexity index is 1640. The summed E-state index contributed by atoms with van der Waals surface area (Å²) < 4.78 is 1.67. The molecule has 9 nitrogen and oxygen atoms in total. The van der Waals surface area contributed by atoms with Crippen molar-refractivity contribution in [2.45, 2.75) is 59.0 Å². The van der Waals surface area contributed by atoms with E-state index in [0.717, 1.165) is 24.1 Å². The topological polar surface area (TPSA) is 128 Å². The first-order valence-electron chi connectivity index (χ1n) is 13.2. The predicted molar refractivity (Wildman–Crippen MR) is 155 cm³/mol. The number of nitrogens with zero attached hydrogens (tertiary/aromatic N) is 4. The molecule has 1 saturated carbocycles. The summed E-state index contributed by atoms with van der Waals surface area (Å²) in [5, 5.41) is 7.07. The van der Waals surface area contributed by atoms with Crippen LogP contribution in [-0.4, -0.2) is 31.5 Å². The Balaban J connectivity index is 1.64. The number of carbonyl (C=O) groups is 1. The van der Waals surface area contributed by atoms with Crippen molar-refractivity contribution in [2.24, 2.45) is 0 Å². The molecule has 1 aliphatic carbocycles. The lowest BCUT2D eigenvalue weighted by molar-refractivity contribution is -0.116. The fourth-order valence-corrected chi connectivity index (χ4v) is 4.90. The number of nitrogens with two attached hydrogens (primary N) is 1. The third kappa shape index (κ3) is 5.38. The lowest BCUT2D eigenvalue weighted by Crippen LogP contribution is -2.29. The molecule has 0 spiro atoms. The number of aryl methyl sites for hydroxylation is 2. The van der Waals surface area contributed by atoms with Crippen molar-refractivity contribution >= 4 is 34.1 Å². The molecule has 2 aromatic heterocycles. The highest BCUT2D eigenvalue weighted by atomic mass is 16.1. The third-order valence-corrected chi connectivity index (χ3v) is 6.95. The lowest BCUT2D eigenvalue weighted by Gasteiger charge is -2.24. The summed E-state index contributed by atoms with van der Waals surface area (Å²) in [6.45, 7) is 7.63. The van der Waals surface area contributed by atoms with Gasteiger partial charge in [-0.05, 0) is 69.4 Å². The second-order valence-corrected chi connectivity index (χ2v) is 10.0. The number of hydrogen-bond donors (Lipinski definition) is 3. The second-order valence-electron chi connectivity index (χ2n) is 10.0. The summed E-state index contributed by atoms with van der Waals surface area (Å²) in [5.41, 5.74) is 10.2. The number of rotatable bonds is 8. The molecule has 1 fully saturated rings. The van der Waals surface area contributed by atoms with Crippen LogP contribution in [0.1, 0.15) is 61.8 Å². The highest BCUT2D eigenvalue weighted by Gasteiger charge is 2.25. The number of amides is 1. The van der Waals surface area contributed by atoms with Crippen LogP contribution in [0, 0.1) is 13.8 Å². The minimum atomic E-state index is -0.400. The zero-order valence-corrected chi connectivity index (χ0v) is 22.7. The van der Waals surface area contributed by atoms with E-state index < -0.39 is 6.04 Å². The lowest BCUT2D eigenvalue weighted by atomic mass is 10.0. The van der Waals surface area contributed by atoms with E-state index in [1.807, 2.05) is 76.2 Å². The summed E-state index contributed by atoms with van der Waals surface area (Å²) in [4.78, 5) is 40.3. The molecular weight excluding hydrogens is 490 g/mol. The SMILES string of the molecule is CCC(Nc1nc(N)nc(C)c1/C(C)=C\C(=O)NC1CC1)c1nc2cccc(C)c2c(=O)n1-c1ccccc1. The molecule has 1 aliphatic rings. The van der Waals surface area contributed by atoms with Crippen molar-refractivity contribution < 1.29 is 4.79 Å². The molecule has 0 aliphatic heterocycles. The number of benzene rings is 2. The number of anilines is 2. The van der Waals surface area contributed by atoms with Gasteiger partial charge in [0.05, 0.1) is 28.3 Å². The molecule has 9 heteroatoms. The van der Waals surface area contributed by atoms with Crippen molar-refractivity contribution in [3.05, 3.63) is 87.6 Å². The zero-order valence-electron chi connectivity index (χ0n) is 22.7. The van der Waals surface area contributed by atoms with Gasteiger partial charge in [-0.2, -0.15) is 4.98 Å². The van der Waals surface area contributed by atoms with E-state index in [-0.39, 0.29) is 23.5 Å². The number of carbonyl (C=O) groups excluding carboxylic acids is 1. The van der Waals surface area contributed by atoms with E-state index in [1.54, 1.807) is 10.6 Å². The van der Waals surface area contributed by atoms with Gasteiger partial charge in [0.25, 0.3) is 5.56 Å². The Morgan fingerprint density at radius 3 is 2.54 bits per heavy atom. The van der Waals surface area contributed by atoms with Gasteiger partial charge in [0.2, 0.25) is 11.9 Å². The Morgan fingerprint density at radius 1 is 1.10 bits per heavy atom. The average Bonchev–Trinajstić information content (AvgIpc) is 3.71. The molecule has 4 N–H and O–H groups in total. The third-order valence-electron chi connectivity index (χ3n) is 6.95. The van der Waals surface area contributed by atoms with Crippen molar-refractivity contribution in [3.63, 3.8) is 0 Å². The molecule has 0 radical (unpaired) electrons. The average molecular weight is 524 g/mol. The molecule has 2 aromatic carbocycles. The number of aromatic nitrogens is 4. The van der Waals surface area contributed by atoms with Crippen molar-refractivity contribution in [2.75, 3.05) is 11.1 Å². The van der Waals surface area contributed by atoms with E-state index >= 15 is 0 Å². The van der Waals surface area contributed by atoms with Gasteiger partial charge < -0.3 is 16.4 Å². The van der Waals surface area contributed by atoms with Crippen LogP contribution in [0.5, 0.6) is 0 Å². The quantitative estimate of drug-likeness (QED) is 0.288. The largest absolute Gasteiger partial charge is 0.368 e.